The first-order valence-corrected chi connectivity index (χ1v) is 5.77. The Hall–Kier alpha value is -2.96. The van der Waals surface area contributed by atoms with Gasteiger partial charge in [-0.25, -0.2) is 4.39 Å². The fourth-order valence-corrected chi connectivity index (χ4v) is 1.94. The summed E-state index contributed by atoms with van der Waals surface area (Å²) in [5.41, 5.74) is -0.551. The van der Waals surface area contributed by atoms with Gasteiger partial charge in [-0.3, -0.25) is 10.1 Å². The van der Waals surface area contributed by atoms with Gasteiger partial charge in [-0.15, -0.1) is 0 Å². The fourth-order valence-electron chi connectivity index (χ4n) is 1.94. The van der Waals surface area contributed by atoms with E-state index in [9.17, 15) is 24.4 Å². The normalized spacial score (nSPS) is 10.2. The molecule has 0 spiro atoms. The second-order valence-electron chi connectivity index (χ2n) is 4.12. The van der Waals surface area contributed by atoms with Crippen molar-refractivity contribution in [3.8, 4) is 16.9 Å². The Morgan fingerprint density at radius 1 is 1.19 bits per heavy atom. The van der Waals surface area contributed by atoms with Crippen LogP contribution in [0.4, 0.5) is 10.1 Å². The third-order valence-electron chi connectivity index (χ3n) is 2.89. The molecule has 0 N–H and O–H groups in total. The van der Waals surface area contributed by atoms with Crippen LogP contribution >= 0.6 is 0 Å². The number of aromatic carboxylic acids is 1. The first kappa shape index (κ1) is 14.4. The van der Waals surface area contributed by atoms with E-state index in [1.807, 2.05) is 0 Å². The van der Waals surface area contributed by atoms with E-state index in [2.05, 4.69) is 0 Å². The van der Waals surface area contributed by atoms with Gasteiger partial charge in [-0.05, 0) is 29.8 Å². The van der Waals surface area contributed by atoms with Crippen LogP contribution in [0.2, 0.25) is 0 Å². The summed E-state index contributed by atoms with van der Waals surface area (Å²) in [5.74, 6) is -1.94. The largest absolute Gasteiger partial charge is 0.545 e. The maximum atomic E-state index is 13.4. The number of benzene rings is 2. The van der Waals surface area contributed by atoms with Gasteiger partial charge in [0.2, 0.25) is 0 Å². The standard InChI is InChI=1S/C14H10FNO5/c1-21-13-5-2-8(15)6-11(13)10-4-3-9(16(19)20)7-12(10)14(17)18/h2-7H,1H3,(H,17,18)/p-1. The zero-order valence-corrected chi connectivity index (χ0v) is 10.8. The number of non-ortho nitro benzene ring substituents is 1. The lowest BCUT2D eigenvalue weighted by atomic mass is 9.98. The highest BCUT2D eigenvalue weighted by Gasteiger charge is 2.16. The van der Waals surface area contributed by atoms with Crippen LogP contribution < -0.4 is 9.84 Å². The molecule has 0 bridgehead atoms. The molecular weight excluding hydrogens is 281 g/mol. The van der Waals surface area contributed by atoms with Crippen molar-refractivity contribution < 1.29 is 24.0 Å². The van der Waals surface area contributed by atoms with Crippen molar-refractivity contribution in [2.45, 2.75) is 0 Å². The summed E-state index contributed by atoms with van der Waals surface area (Å²) in [6.45, 7) is 0. The van der Waals surface area contributed by atoms with Gasteiger partial charge in [0.15, 0.2) is 0 Å². The minimum Gasteiger partial charge on any atom is -0.545 e. The molecule has 0 fully saturated rings. The summed E-state index contributed by atoms with van der Waals surface area (Å²) in [5, 5.41) is 21.9. The van der Waals surface area contributed by atoms with Crippen molar-refractivity contribution in [2.75, 3.05) is 7.11 Å². The number of carbonyl (C=O) groups excluding carboxylic acids is 1. The molecule has 0 atom stereocenters. The van der Waals surface area contributed by atoms with E-state index in [-0.39, 0.29) is 16.9 Å². The van der Waals surface area contributed by atoms with Gasteiger partial charge in [0.25, 0.3) is 5.69 Å². The van der Waals surface area contributed by atoms with Crippen LogP contribution in [-0.2, 0) is 0 Å². The van der Waals surface area contributed by atoms with E-state index >= 15 is 0 Å². The Bertz CT molecular complexity index is 729. The number of nitrogens with zero attached hydrogens (tertiary/aromatic N) is 1. The number of methoxy groups -OCH3 is 1. The molecule has 0 heterocycles. The van der Waals surface area contributed by atoms with Crippen LogP contribution in [0.3, 0.4) is 0 Å². The number of carboxylic acids is 1. The van der Waals surface area contributed by atoms with E-state index in [1.54, 1.807) is 0 Å². The molecule has 108 valence electrons. The monoisotopic (exact) mass is 290 g/mol. The molecule has 2 aromatic carbocycles. The van der Waals surface area contributed by atoms with Gasteiger partial charge in [-0.2, -0.15) is 0 Å². The molecule has 2 rings (SSSR count). The lowest BCUT2D eigenvalue weighted by molar-refractivity contribution is -0.385. The number of hydrogen-bond acceptors (Lipinski definition) is 5. The molecule has 0 aromatic heterocycles. The Morgan fingerprint density at radius 2 is 1.90 bits per heavy atom. The number of hydrogen-bond donors (Lipinski definition) is 0. The van der Waals surface area contributed by atoms with Crippen LogP contribution in [0.1, 0.15) is 10.4 Å². The summed E-state index contributed by atoms with van der Waals surface area (Å²) in [6, 6.07) is 6.81. The van der Waals surface area contributed by atoms with Crippen molar-refractivity contribution in [3.63, 3.8) is 0 Å². The van der Waals surface area contributed by atoms with Crippen molar-refractivity contribution in [1.29, 1.82) is 0 Å². The molecular formula is C14H9FNO5-. The van der Waals surface area contributed by atoms with Crippen molar-refractivity contribution in [2.24, 2.45) is 0 Å². The Morgan fingerprint density at radius 3 is 2.48 bits per heavy atom. The van der Waals surface area contributed by atoms with Crippen LogP contribution in [0.5, 0.6) is 5.75 Å². The maximum Gasteiger partial charge on any atom is 0.270 e. The molecule has 0 saturated carbocycles. The molecule has 0 aliphatic rings. The van der Waals surface area contributed by atoms with Gasteiger partial charge < -0.3 is 14.6 Å². The zero-order chi connectivity index (χ0) is 15.6. The van der Waals surface area contributed by atoms with E-state index in [0.29, 0.717) is 0 Å². The molecule has 0 unspecified atom stereocenters. The van der Waals surface area contributed by atoms with Crippen LogP contribution in [0.15, 0.2) is 36.4 Å². The van der Waals surface area contributed by atoms with Crippen molar-refractivity contribution in [3.05, 3.63) is 57.9 Å². The molecule has 0 radical (unpaired) electrons. The van der Waals surface area contributed by atoms with Gasteiger partial charge in [0, 0.05) is 23.3 Å². The summed E-state index contributed by atoms with van der Waals surface area (Å²) in [4.78, 5) is 21.2. The number of ether oxygens (including phenoxy) is 1. The van der Waals surface area contributed by atoms with E-state index < -0.39 is 28.0 Å². The molecule has 0 aliphatic carbocycles. The number of carbonyl (C=O) groups is 1. The first-order chi connectivity index (χ1) is 9.93. The summed E-state index contributed by atoms with van der Waals surface area (Å²) in [7, 11) is 1.35. The number of carboxylic acid groups (broad SMARTS) is 1. The topological polar surface area (TPSA) is 92.5 Å². The van der Waals surface area contributed by atoms with Gasteiger partial charge in [-0.1, -0.05) is 0 Å². The SMILES string of the molecule is COc1ccc(F)cc1-c1ccc([N+](=O)[O-])cc1C(=O)[O-]. The van der Waals surface area contributed by atoms with Crippen molar-refractivity contribution in [1.82, 2.24) is 0 Å². The lowest BCUT2D eigenvalue weighted by Crippen LogP contribution is -2.23. The number of nitro groups is 1. The molecule has 0 saturated heterocycles. The summed E-state index contributed by atoms with van der Waals surface area (Å²) < 4.78 is 18.4. The Labute approximate surface area is 118 Å². The minimum absolute atomic E-state index is 0.0805. The third kappa shape index (κ3) is 2.81. The first-order valence-electron chi connectivity index (χ1n) is 5.77. The Balaban J connectivity index is 2.71. The summed E-state index contributed by atoms with van der Waals surface area (Å²) >= 11 is 0. The van der Waals surface area contributed by atoms with Crippen LogP contribution in [0, 0.1) is 15.9 Å². The highest BCUT2D eigenvalue weighted by Crippen LogP contribution is 2.34. The highest BCUT2D eigenvalue weighted by molar-refractivity contribution is 5.96. The lowest BCUT2D eigenvalue weighted by Gasteiger charge is -2.13. The second kappa shape index (κ2) is 5.58. The number of nitro benzene ring substituents is 1. The quantitative estimate of drug-likeness (QED) is 0.632. The average molecular weight is 290 g/mol. The van der Waals surface area contributed by atoms with E-state index in [4.69, 9.17) is 4.74 Å². The number of halogens is 1. The van der Waals surface area contributed by atoms with E-state index in [0.717, 1.165) is 24.3 Å². The summed E-state index contributed by atoms with van der Waals surface area (Å²) in [6.07, 6.45) is 0. The van der Waals surface area contributed by atoms with Gasteiger partial charge in [0.05, 0.1) is 18.0 Å². The predicted molar refractivity (Wildman–Crippen MR) is 69.4 cm³/mol. The molecule has 0 amide bonds. The van der Waals surface area contributed by atoms with Gasteiger partial charge >= 0.3 is 0 Å². The molecule has 6 nitrogen and oxygen atoms in total. The molecule has 0 aliphatic heterocycles. The number of rotatable bonds is 4. The maximum absolute atomic E-state index is 13.4. The molecule has 7 heteroatoms. The Kier molecular flexibility index (Phi) is 3.84. The predicted octanol–water partition coefficient (Wildman–Crippen LogP) is 1.77. The second-order valence-corrected chi connectivity index (χ2v) is 4.12. The molecule has 21 heavy (non-hydrogen) atoms. The smallest absolute Gasteiger partial charge is 0.270 e. The third-order valence-corrected chi connectivity index (χ3v) is 2.89. The van der Waals surface area contributed by atoms with Crippen LogP contribution in [0.25, 0.3) is 11.1 Å². The average Bonchev–Trinajstić information content (AvgIpc) is 2.46. The van der Waals surface area contributed by atoms with E-state index in [1.165, 1.54) is 19.2 Å². The van der Waals surface area contributed by atoms with Crippen molar-refractivity contribution >= 4 is 11.7 Å². The van der Waals surface area contributed by atoms with Crippen LogP contribution in [-0.4, -0.2) is 18.0 Å². The molecule has 2 aromatic rings. The fraction of sp³-hybridized carbons (Fsp3) is 0.0714. The van der Waals surface area contributed by atoms with Gasteiger partial charge in [0.1, 0.15) is 11.6 Å². The zero-order valence-electron chi connectivity index (χ0n) is 10.8. The highest BCUT2D eigenvalue weighted by atomic mass is 19.1. The minimum atomic E-state index is -1.60.